The Morgan fingerprint density at radius 3 is 1.94 bits per heavy atom. The average Bonchev–Trinajstić information content (AvgIpc) is 2.40. The maximum absolute atomic E-state index is 4.09. The van der Waals surface area contributed by atoms with Gasteiger partial charge in [0.15, 0.2) is 0 Å². The third kappa shape index (κ3) is 2.94. The lowest BCUT2D eigenvalue weighted by Crippen LogP contribution is -1.84. The molecule has 2 aromatic carbocycles. The van der Waals surface area contributed by atoms with E-state index < -0.39 is 0 Å². The summed E-state index contributed by atoms with van der Waals surface area (Å²) in [5.74, 6) is 0. The highest BCUT2D eigenvalue weighted by Gasteiger charge is 2.00. The molecular weight excluding hydrogens is 204 g/mol. The molecule has 0 heteroatoms. The standard InChI is InChI=1S/C17H15/c1-14(13-16-9-5-3-6-10-16)15(2)17-11-7-4-8-12-17/h3-13H,1-2H2. The minimum Gasteiger partial charge on any atom is -0.0909 e. The highest BCUT2D eigenvalue weighted by atomic mass is 14.0. The molecule has 17 heavy (non-hydrogen) atoms. The van der Waals surface area contributed by atoms with Gasteiger partial charge in [-0.25, -0.2) is 0 Å². The summed E-state index contributed by atoms with van der Waals surface area (Å²) >= 11 is 0. The summed E-state index contributed by atoms with van der Waals surface area (Å²) < 4.78 is 0. The molecule has 0 unspecified atom stereocenters. The molecular formula is C17H15. The van der Waals surface area contributed by atoms with Crippen LogP contribution in [0, 0.1) is 6.92 Å². The monoisotopic (exact) mass is 219 g/mol. The van der Waals surface area contributed by atoms with E-state index in [-0.39, 0.29) is 0 Å². The van der Waals surface area contributed by atoms with Gasteiger partial charge in [-0.1, -0.05) is 73.3 Å². The highest BCUT2D eigenvalue weighted by Crippen LogP contribution is 2.22. The Bertz CT molecular complexity index is 518. The number of rotatable bonds is 3. The van der Waals surface area contributed by atoms with Crippen LogP contribution in [-0.2, 0) is 0 Å². The molecule has 0 aliphatic rings. The summed E-state index contributed by atoms with van der Waals surface area (Å²) in [6, 6.07) is 20.3. The van der Waals surface area contributed by atoms with Crippen molar-refractivity contribution in [2.75, 3.05) is 0 Å². The maximum Gasteiger partial charge on any atom is -0.0187 e. The minimum absolute atomic E-state index is 0.947. The van der Waals surface area contributed by atoms with E-state index in [4.69, 9.17) is 0 Å². The van der Waals surface area contributed by atoms with Gasteiger partial charge in [0, 0.05) is 0 Å². The molecule has 2 rings (SSSR count). The van der Waals surface area contributed by atoms with E-state index in [1.54, 1.807) is 0 Å². The van der Waals surface area contributed by atoms with E-state index in [0.29, 0.717) is 0 Å². The summed E-state index contributed by atoms with van der Waals surface area (Å²) in [7, 11) is 0. The van der Waals surface area contributed by atoms with Crippen LogP contribution in [0.25, 0.3) is 11.6 Å². The van der Waals surface area contributed by atoms with Gasteiger partial charge < -0.3 is 0 Å². The normalized spacial score (nSPS) is 11.2. The first-order valence-electron chi connectivity index (χ1n) is 5.61. The van der Waals surface area contributed by atoms with Gasteiger partial charge in [-0.15, -0.1) is 0 Å². The van der Waals surface area contributed by atoms with Crippen LogP contribution in [0.3, 0.4) is 0 Å². The van der Waals surface area contributed by atoms with Crippen LogP contribution in [0.2, 0.25) is 0 Å². The Morgan fingerprint density at radius 1 is 0.824 bits per heavy atom. The largest absolute Gasteiger partial charge is 0.0909 e. The van der Waals surface area contributed by atoms with Crippen LogP contribution in [0.1, 0.15) is 11.1 Å². The SMILES string of the molecule is [CH2]C(=Cc1ccccc1)C(=C)c1ccccc1. The van der Waals surface area contributed by atoms with Crippen LogP contribution in [-0.4, -0.2) is 0 Å². The molecule has 0 atom stereocenters. The zero-order valence-corrected chi connectivity index (χ0v) is 9.77. The first-order valence-corrected chi connectivity index (χ1v) is 5.61. The van der Waals surface area contributed by atoms with Crippen LogP contribution < -0.4 is 0 Å². The van der Waals surface area contributed by atoms with Crippen LogP contribution in [0.4, 0.5) is 0 Å². The molecule has 0 amide bonds. The topological polar surface area (TPSA) is 0 Å². The molecule has 0 spiro atoms. The third-order valence-electron chi connectivity index (χ3n) is 2.65. The first-order chi connectivity index (χ1) is 8.27. The Balaban J connectivity index is 2.24. The van der Waals surface area contributed by atoms with Gasteiger partial charge in [-0.3, -0.25) is 0 Å². The predicted molar refractivity (Wildman–Crippen MR) is 75.3 cm³/mol. The fourth-order valence-electron chi connectivity index (χ4n) is 1.66. The molecule has 2 aromatic rings. The van der Waals surface area contributed by atoms with Crippen molar-refractivity contribution in [1.29, 1.82) is 0 Å². The molecule has 0 bridgehead atoms. The fraction of sp³-hybridized carbons (Fsp3) is 0. The van der Waals surface area contributed by atoms with Gasteiger partial charge in [0.1, 0.15) is 0 Å². The van der Waals surface area contributed by atoms with E-state index in [0.717, 1.165) is 22.3 Å². The molecule has 83 valence electrons. The van der Waals surface area contributed by atoms with Gasteiger partial charge in [-0.2, -0.15) is 0 Å². The molecule has 0 aromatic heterocycles. The van der Waals surface area contributed by atoms with E-state index in [1.165, 1.54) is 0 Å². The number of hydrogen-bond donors (Lipinski definition) is 0. The Labute approximate surface area is 103 Å². The smallest absolute Gasteiger partial charge is 0.0187 e. The van der Waals surface area contributed by atoms with E-state index >= 15 is 0 Å². The zero-order valence-electron chi connectivity index (χ0n) is 9.77. The number of hydrogen-bond acceptors (Lipinski definition) is 0. The van der Waals surface area contributed by atoms with Gasteiger partial charge in [0.05, 0.1) is 0 Å². The van der Waals surface area contributed by atoms with E-state index in [1.807, 2.05) is 48.5 Å². The van der Waals surface area contributed by atoms with Crippen molar-refractivity contribution in [1.82, 2.24) is 0 Å². The summed E-state index contributed by atoms with van der Waals surface area (Å²) in [5.41, 5.74) is 4.18. The van der Waals surface area contributed by atoms with Crippen LogP contribution in [0.15, 0.2) is 72.8 Å². The fourth-order valence-corrected chi connectivity index (χ4v) is 1.66. The van der Waals surface area contributed by atoms with Crippen molar-refractivity contribution in [3.05, 3.63) is 90.9 Å². The summed E-state index contributed by atoms with van der Waals surface area (Å²) in [4.78, 5) is 0. The highest BCUT2D eigenvalue weighted by molar-refractivity contribution is 5.83. The lowest BCUT2D eigenvalue weighted by Gasteiger charge is -2.06. The number of allylic oxidation sites excluding steroid dienone is 2. The molecule has 0 fully saturated rings. The van der Waals surface area contributed by atoms with Gasteiger partial charge in [-0.05, 0) is 29.2 Å². The van der Waals surface area contributed by atoms with Crippen molar-refractivity contribution in [2.24, 2.45) is 0 Å². The van der Waals surface area contributed by atoms with Crippen molar-refractivity contribution in [2.45, 2.75) is 0 Å². The third-order valence-corrected chi connectivity index (χ3v) is 2.65. The summed E-state index contributed by atoms with van der Waals surface area (Å²) in [6.45, 7) is 8.16. The molecule has 0 saturated carbocycles. The predicted octanol–water partition coefficient (Wildman–Crippen LogP) is 4.62. The second-order valence-corrected chi connectivity index (χ2v) is 3.92. The van der Waals surface area contributed by atoms with Gasteiger partial charge >= 0.3 is 0 Å². The minimum atomic E-state index is 0.947. The Morgan fingerprint density at radius 2 is 1.35 bits per heavy atom. The zero-order chi connectivity index (χ0) is 12.1. The first kappa shape index (κ1) is 11.4. The van der Waals surface area contributed by atoms with Crippen LogP contribution >= 0.6 is 0 Å². The second-order valence-electron chi connectivity index (χ2n) is 3.92. The molecule has 0 heterocycles. The molecule has 0 aliphatic heterocycles. The van der Waals surface area contributed by atoms with Crippen molar-refractivity contribution >= 4 is 11.6 Å². The Kier molecular flexibility index (Phi) is 3.56. The Hall–Kier alpha value is -2.08. The van der Waals surface area contributed by atoms with E-state index in [2.05, 4.69) is 31.7 Å². The summed E-state index contributed by atoms with van der Waals surface area (Å²) in [5, 5.41) is 0. The molecule has 0 nitrogen and oxygen atoms in total. The lowest BCUT2D eigenvalue weighted by molar-refractivity contribution is 1.59. The van der Waals surface area contributed by atoms with Crippen molar-refractivity contribution < 1.29 is 0 Å². The molecule has 1 radical (unpaired) electrons. The van der Waals surface area contributed by atoms with Crippen molar-refractivity contribution in [3.63, 3.8) is 0 Å². The maximum atomic E-state index is 4.09. The van der Waals surface area contributed by atoms with Crippen LogP contribution in [0.5, 0.6) is 0 Å². The molecule has 0 N–H and O–H groups in total. The quantitative estimate of drug-likeness (QED) is 0.661. The number of benzene rings is 2. The summed E-state index contributed by atoms with van der Waals surface area (Å²) in [6.07, 6.45) is 2.05. The van der Waals surface area contributed by atoms with Gasteiger partial charge in [0.25, 0.3) is 0 Å². The second kappa shape index (κ2) is 5.31. The molecule has 0 saturated heterocycles. The van der Waals surface area contributed by atoms with Gasteiger partial charge in [0.2, 0.25) is 0 Å². The van der Waals surface area contributed by atoms with Crippen molar-refractivity contribution in [3.8, 4) is 0 Å². The molecule has 0 aliphatic carbocycles. The lowest BCUT2D eigenvalue weighted by atomic mass is 9.99. The van der Waals surface area contributed by atoms with E-state index in [9.17, 15) is 0 Å². The average molecular weight is 219 g/mol.